The van der Waals surface area contributed by atoms with E-state index < -0.39 is 5.60 Å². The van der Waals surface area contributed by atoms with E-state index in [-0.39, 0.29) is 5.92 Å². The van der Waals surface area contributed by atoms with Crippen LogP contribution < -0.4 is 0 Å². The average Bonchev–Trinajstić information content (AvgIpc) is 2.61. The minimum atomic E-state index is -0.752. The summed E-state index contributed by atoms with van der Waals surface area (Å²) >= 11 is 1.76. The zero-order valence-electron chi connectivity index (χ0n) is 8.60. The molecule has 1 fully saturated rings. The van der Waals surface area contributed by atoms with Gasteiger partial charge in [-0.1, -0.05) is 19.1 Å². The fourth-order valence-electron chi connectivity index (χ4n) is 1.90. The third-order valence-corrected chi connectivity index (χ3v) is 4.38. The molecule has 1 saturated heterocycles. The van der Waals surface area contributed by atoms with Crippen molar-refractivity contribution in [1.29, 1.82) is 5.26 Å². The van der Waals surface area contributed by atoms with E-state index in [4.69, 9.17) is 5.26 Å². The summed E-state index contributed by atoms with van der Waals surface area (Å²) in [4.78, 5) is 0. The Morgan fingerprint density at radius 2 is 2.40 bits per heavy atom. The predicted octanol–water partition coefficient (Wildman–Crippen LogP) is 2.13. The Bertz CT molecular complexity index is 412. The lowest BCUT2D eigenvalue weighted by Gasteiger charge is -2.27. The molecular formula is C12H13NOS. The predicted molar refractivity (Wildman–Crippen MR) is 61.5 cm³/mol. The molecule has 0 aromatic heterocycles. The highest BCUT2D eigenvalue weighted by atomic mass is 32.2. The van der Waals surface area contributed by atoms with Gasteiger partial charge in [-0.05, 0) is 29.4 Å². The Morgan fingerprint density at radius 3 is 3.00 bits per heavy atom. The zero-order chi connectivity index (χ0) is 10.9. The summed E-state index contributed by atoms with van der Waals surface area (Å²) in [6.45, 7) is 2.05. The molecule has 0 unspecified atom stereocenters. The first-order valence-electron chi connectivity index (χ1n) is 4.97. The van der Waals surface area contributed by atoms with Crippen molar-refractivity contribution < 1.29 is 5.11 Å². The van der Waals surface area contributed by atoms with E-state index in [2.05, 4.69) is 13.0 Å². The van der Waals surface area contributed by atoms with Crippen LogP contribution in [0.2, 0.25) is 0 Å². The Morgan fingerprint density at radius 1 is 1.60 bits per heavy atom. The Balaban J connectivity index is 2.41. The van der Waals surface area contributed by atoms with Gasteiger partial charge in [0.1, 0.15) is 5.60 Å². The topological polar surface area (TPSA) is 44.0 Å². The number of rotatable bonds is 1. The van der Waals surface area contributed by atoms with Crippen LogP contribution in [0.15, 0.2) is 24.3 Å². The van der Waals surface area contributed by atoms with E-state index in [9.17, 15) is 5.11 Å². The Labute approximate surface area is 93.9 Å². The smallest absolute Gasteiger partial charge is 0.102 e. The number of thioether (sulfide) groups is 1. The monoisotopic (exact) mass is 219 g/mol. The number of benzene rings is 1. The molecule has 1 aromatic carbocycles. The highest BCUT2D eigenvalue weighted by molar-refractivity contribution is 7.99. The quantitative estimate of drug-likeness (QED) is 0.787. The van der Waals surface area contributed by atoms with Gasteiger partial charge in [0.2, 0.25) is 0 Å². The molecule has 0 saturated carbocycles. The minimum Gasteiger partial charge on any atom is -0.384 e. The molecule has 1 N–H and O–H groups in total. The molecule has 78 valence electrons. The first-order chi connectivity index (χ1) is 7.16. The van der Waals surface area contributed by atoms with Gasteiger partial charge in [0.25, 0.3) is 0 Å². The zero-order valence-corrected chi connectivity index (χ0v) is 9.42. The third-order valence-electron chi connectivity index (χ3n) is 3.00. The van der Waals surface area contributed by atoms with Crippen LogP contribution in [0.5, 0.6) is 0 Å². The van der Waals surface area contributed by atoms with Crippen LogP contribution in [0, 0.1) is 17.2 Å². The molecule has 0 amide bonds. The van der Waals surface area contributed by atoms with E-state index in [0.29, 0.717) is 5.56 Å². The van der Waals surface area contributed by atoms with Crippen molar-refractivity contribution in [3.63, 3.8) is 0 Å². The molecule has 2 atom stereocenters. The second-order valence-corrected chi connectivity index (χ2v) is 5.06. The van der Waals surface area contributed by atoms with Crippen molar-refractivity contribution in [3.05, 3.63) is 35.4 Å². The van der Waals surface area contributed by atoms with E-state index in [1.165, 1.54) is 0 Å². The number of nitrogens with zero attached hydrogens (tertiary/aromatic N) is 1. The van der Waals surface area contributed by atoms with E-state index in [0.717, 1.165) is 17.1 Å². The summed E-state index contributed by atoms with van der Waals surface area (Å²) in [6.07, 6.45) is 0. The number of nitriles is 1. The SMILES string of the molecule is C[C@@H]1CSC[C@]1(O)c1cccc(C#N)c1. The van der Waals surface area contributed by atoms with Gasteiger partial charge in [-0.3, -0.25) is 0 Å². The summed E-state index contributed by atoms with van der Waals surface area (Å²) in [5, 5.41) is 19.3. The van der Waals surface area contributed by atoms with Gasteiger partial charge in [0.15, 0.2) is 0 Å². The van der Waals surface area contributed by atoms with Gasteiger partial charge in [-0.25, -0.2) is 0 Å². The molecular weight excluding hydrogens is 206 g/mol. The molecule has 0 aliphatic carbocycles. The lowest BCUT2D eigenvalue weighted by Crippen LogP contribution is -2.32. The standard InChI is InChI=1S/C12H13NOS/c1-9-7-15-8-12(9,14)11-4-2-3-10(5-11)6-13/h2-5,9,14H,7-8H2,1H3/t9-,12-/m1/s1. The third kappa shape index (κ3) is 1.75. The van der Waals surface area contributed by atoms with Crippen molar-refractivity contribution in [2.45, 2.75) is 12.5 Å². The summed E-state index contributed by atoms with van der Waals surface area (Å²) in [5.41, 5.74) is 0.737. The number of aliphatic hydroxyl groups is 1. The van der Waals surface area contributed by atoms with Crippen LogP contribution in [-0.4, -0.2) is 16.6 Å². The lowest BCUT2D eigenvalue weighted by atomic mass is 9.85. The molecule has 3 heteroatoms. The Kier molecular flexibility index (Phi) is 2.72. The molecule has 2 rings (SSSR count). The number of hydrogen-bond donors (Lipinski definition) is 1. The molecule has 0 radical (unpaired) electrons. The van der Waals surface area contributed by atoms with E-state index in [1.54, 1.807) is 23.9 Å². The maximum Gasteiger partial charge on any atom is 0.102 e. The summed E-state index contributed by atoms with van der Waals surface area (Å²) in [5.74, 6) is 1.95. The van der Waals surface area contributed by atoms with Crippen molar-refractivity contribution in [3.8, 4) is 6.07 Å². The van der Waals surface area contributed by atoms with Crippen molar-refractivity contribution in [2.75, 3.05) is 11.5 Å². The summed E-state index contributed by atoms with van der Waals surface area (Å²) in [6, 6.07) is 9.40. The maximum atomic E-state index is 10.5. The van der Waals surface area contributed by atoms with Gasteiger partial charge < -0.3 is 5.11 Å². The molecule has 1 aliphatic rings. The van der Waals surface area contributed by atoms with Crippen LogP contribution in [0.25, 0.3) is 0 Å². The van der Waals surface area contributed by atoms with E-state index >= 15 is 0 Å². The fourth-order valence-corrected chi connectivity index (χ4v) is 3.41. The molecule has 1 aromatic rings. The van der Waals surface area contributed by atoms with Crippen LogP contribution in [0.1, 0.15) is 18.1 Å². The lowest BCUT2D eigenvalue weighted by molar-refractivity contribution is 0.0234. The molecule has 15 heavy (non-hydrogen) atoms. The van der Waals surface area contributed by atoms with Crippen molar-refractivity contribution in [2.24, 2.45) is 5.92 Å². The van der Waals surface area contributed by atoms with Crippen LogP contribution >= 0.6 is 11.8 Å². The molecule has 2 nitrogen and oxygen atoms in total. The van der Waals surface area contributed by atoms with E-state index in [1.807, 2.05) is 12.1 Å². The molecule has 0 bridgehead atoms. The van der Waals surface area contributed by atoms with Crippen molar-refractivity contribution >= 4 is 11.8 Å². The van der Waals surface area contributed by atoms with Crippen LogP contribution in [0.3, 0.4) is 0 Å². The first-order valence-corrected chi connectivity index (χ1v) is 6.13. The molecule has 1 heterocycles. The second-order valence-electron chi connectivity index (χ2n) is 4.03. The van der Waals surface area contributed by atoms with Crippen LogP contribution in [0.4, 0.5) is 0 Å². The second kappa shape index (κ2) is 3.88. The minimum absolute atomic E-state index is 0.247. The van der Waals surface area contributed by atoms with Crippen molar-refractivity contribution in [1.82, 2.24) is 0 Å². The first kappa shape index (κ1) is 10.5. The Hall–Kier alpha value is -0.980. The maximum absolute atomic E-state index is 10.5. The van der Waals surface area contributed by atoms with Gasteiger partial charge in [0, 0.05) is 5.75 Å². The van der Waals surface area contributed by atoms with Gasteiger partial charge >= 0.3 is 0 Å². The number of hydrogen-bond acceptors (Lipinski definition) is 3. The fraction of sp³-hybridized carbons (Fsp3) is 0.417. The van der Waals surface area contributed by atoms with Gasteiger partial charge in [-0.15, -0.1) is 0 Å². The van der Waals surface area contributed by atoms with Gasteiger partial charge in [-0.2, -0.15) is 17.0 Å². The summed E-state index contributed by atoms with van der Waals surface area (Å²) < 4.78 is 0. The normalized spacial score (nSPS) is 30.1. The highest BCUT2D eigenvalue weighted by Gasteiger charge is 2.40. The highest BCUT2D eigenvalue weighted by Crippen LogP contribution is 2.41. The summed E-state index contributed by atoms with van der Waals surface area (Å²) in [7, 11) is 0. The average molecular weight is 219 g/mol. The van der Waals surface area contributed by atoms with Crippen LogP contribution in [-0.2, 0) is 5.60 Å². The largest absolute Gasteiger partial charge is 0.384 e. The molecule has 1 aliphatic heterocycles. The molecule has 0 spiro atoms. The van der Waals surface area contributed by atoms with Gasteiger partial charge in [0.05, 0.1) is 11.6 Å².